The van der Waals surface area contributed by atoms with Crippen molar-refractivity contribution in [3.8, 4) is 33.9 Å². The van der Waals surface area contributed by atoms with Crippen LogP contribution in [-0.4, -0.2) is 17.1 Å². The van der Waals surface area contributed by atoms with Gasteiger partial charge < -0.3 is 14.5 Å². The maximum Gasteiger partial charge on any atom is 0.130 e. The molecule has 4 nitrogen and oxygen atoms in total. The van der Waals surface area contributed by atoms with Crippen molar-refractivity contribution in [2.45, 2.75) is 6.61 Å². The van der Waals surface area contributed by atoms with Crippen LogP contribution in [0.5, 0.6) is 11.5 Å². The van der Waals surface area contributed by atoms with E-state index < -0.39 is 0 Å². The van der Waals surface area contributed by atoms with E-state index in [1.165, 1.54) is 12.1 Å². The second-order valence-electron chi connectivity index (χ2n) is 6.28. The third kappa shape index (κ3) is 3.88. The Hall–Kier alpha value is -3.60. The third-order valence-electron chi connectivity index (χ3n) is 4.44. The lowest BCUT2D eigenvalue weighted by atomic mass is 10.1. The molecule has 2 heterocycles. The Morgan fingerprint density at radius 1 is 0.964 bits per heavy atom. The van der Waals surface area contributed by atoms with Crippen LogP contribution in [0.3, 0.4) is 0 Å². The number of nitrogens with one attached hydrogen (secondary N) is 1. The number of H-pyrrole nitrogens is 1. The van der Waals surface area contributed by atoms with Crippen molar-refractivity contribution >= 4 is 0 Å². The molecule has 2 aromatic carbocycles. The zero-order valence-electron chi connectivity index (χ0n) is 15.4. The van der Waals surface area contributed by atoms with Crippen molar-refractivity contribution in [1.82, 2.24) is 9.97 Å². The smallest absolute Gasteiger partial charge is 0.130 e. The second-order valence-corrected chi connectivity index (χ2v) is 6.28. The van der Waals surface area contributed by atoms with Crippen molar-refractivity contribution in [2.24, 2.45) is 0 Å². The number of aromatic nitrogens is 2. The maximum absolute atomic E-state index is 13.1. The summed E-state index contributed by atoms with van der Waals surface area (Å²) in [6.45, 7) is 0.391. The molecule has 28 heavy (non-hydrogen) atoms. The predicted octanol–water partition coefficient (Wildman–Crippen LogP) is 5.47. The average Bonchev–Trinajstić information content (AvgIpc) is 3.23. The first-order valence-corrected chi connectivity index (χ1v) is 8.88. The van der Waals surface area contributed by atoms with Gasteiger partial charge in [-0.3, -0.25) is 4.98 Å². The van der Waals surface area contributed by atoms with Gasteiger partial charge in [0, 0.05) is 35.3 Å². The summed E-state index contributed by atoms with van der Waals surface area (Å²) >= 11 is 0. The van der Waals surface area contributed by atoms with E-state index in [2.05, 4.69) is 9.97 Å². The van der Waals surface area contributed by atoms with Crippen LogP contribution in [0.1, 0.15) is 5.69 Å². The van der Waals surface area contributed by atoms with Crippen molar-refractivity contribution in [3.05, 3.63) is 90.6 Å². The molecule has 0 unspecified atom stereocenters. The Bertz CT molecular complexity index is 1060. The van der Waals surface area contributed by atoms with Crippen molar-refractivity contribution in [1.29, 1.82) is 0 Å². The Morgan fingerprint density at radius 3 is 2.57 bits per heavy atom. The summed E-state index contributed by atoms with van der Waals surface area (Å²) in [7, 11) is 1.63. The normalized spacial score (nSPS) is 10.6. The highest BCUT2D eigenvalue weighted by molar-refractivity contribution is 5.76. The van der Waals surface area contributed by atoms with E-state index >= 15 is 0 Å². The molecule has 0 saturated carbocycles. The molecule has 0 bridgehead atoms. The van der Waals surface area contributed by atoms with Crippen LogP contribution in [0, 0.1) is 5.82 Å². The third-order valence-corrected chi connectivity index (χ3v) is 4.44. The molecule has 1 N–H and O–H groups in total. The molecule has 0 aliphatic heterocycles. The number of hydrogen-bond donors (Lipinski definition) is 1. The molecule has 0 saturated heterocycles. The van der Waals surface area contributed by atoms with E-state index in [0.717, 1.165) is 28.1 Å². The molecule has 0 aliphatic carbocycles. The summed E-state index contributed by atoms with van der Waals surface area (Å²) in [5, 5.41) is 0. The minimum atomic E-state index is -0.251. The lowest BCUT2D eigenvalue weighted by molar-refractivity contribution is 0.299. The van der Waals surface area contributed by atoms with Crippen LogP contribution in [-0.2, 0) is 6.61 Å². The van der Waals surface area contributed by atoms with Gasteiger partial charge in [0.2, 0.25) is 0 Å². The quantitative estimate of drug-likeness (QED) is 0.487. The number of aromatic amines is 1. The van der Waals surface area contributed by atoms with Crippen LogP contribution < -0.4 is 9.47 Å². The fourth-order valence-electron chi connectivity index (χ4n) is 2.99. The fraction of sp³-hybridized carbons (Fsp3) is 0.0870. The van der Waals surface area contributed by atoms with E-state index in [4.69, 9.17) is 9.47 Å². The molecule has 5 heteroatoms. The van der Waals surface area contributed by atoms with Crippen LogP contribution in [0.15, 0.2) is 79.1 Å². The number of rotatable bonds is 6. The summed E-state index contributed by atoms with van der Waals surface area (Å²) in [4.78, 5) is 7.49. The standard InChI is InChI=1S/C23H19FN2O2/c1-27-23-13-20(28-15-19-4-2-3-11-25-19)9-10-21(23)17-12-22(26-14-17)16-5-7-18(24)8-6-16/h2-14,26H,15H2,1H3. The lowest BCUT2D eigenvalue weighted by Crippen LogP contribution is -1.98. The SMILES string of the molecule is COc1cc(OCc2ccccn2)ccc1-c1c[nH]c(-c2ccc(F)cc2)c1. The van der Waals surface area contributed by atoms with E-state index in [1.807, 2.05) is 48.7 Å². The molecular weight excluding hydrogens is 355 g/mol. The first kappa shape index (κ1) is 17.8. The number of hydrogen-bond acceptors (Lipinski definition) is 3. The summed E-state index contributed by atoms with van der Waals surface area (Å²) in [5.41, 5.74) is 4.61. The van der Waals surface area contributed by atoms with Crippen molar-refractivity contribution in [2.75, 3.05) is 7.11 Å². The van der Waals surface area contributed by atoms with E-state index in [0.29, 0.717) is 18.1 Å². The van der Waals surface area contributed by atoms with Gasteiger partial charge in [0.25, 0.3) is 0 Å². The highest BCUT2D eigenvalue weighted by atomic mass is 19.1. The number of halogens is 1. The van der Waals surface area contributed by atoms with Gasteiger partial charge in [-0.2, -0.15) is 0 Å². The van der Waals surface area contributed by atoms with Gasteiger partial charge in [-0.1, -0.05) is 6.07 Å². The minimum Gasteiger partial charge on any atom is -0.496 e. The van der Waals surface area contributed by atoms with Gasteiger partial charge in [0.15, 0.2) is 0 Å². The molecule has 0 amide bonds. The van der Waals surface area contributed by atoms with Crippen molar-refractivity contribution < 1.29 is 13.9 Å². The maximum atomic E-state index is 13.1. The van der Waals surface area contributed by atoms with Crippen molar-refractivity contribution in [3.63, 3.8) is 0 Å². The summed E-state index contributed by atoms with van der Waals surface area (Å²) in [6, 6.07) is 19.9. The Labute approximate surface area is 162 Å². The number of methoxy groups -OCH3 is 1. The first-order chi connectivity index (χ1) is 13.7. The molecule has 4 rings (SSSR count). The zero-order chi connectivity index (χ0) is 19.3. The molecule has 2 aromatic heterocycles. The number of nitrogens with zero attached hydrogens (tertiary/aromatic N) is 1. The Balaban J connectivity index is 1.55. The lowest BCUT2D eigenvalue weighted by Gasteiger charge is -2.11. The summed E-state index contributed by atoms with van der Waals surface area (Å²) in [6.07, 6.45) is 3.65. The number of benzene rings is 2. The summed E-state index contributed by atoms with van der Waals surface area (Å²) in [5.74, 6) is 1.17. The van der Waals surface area contributed by atoms with Gasteiger partial charge in [-0.15, -0.1) is 0 Å². The topological polar surface area (TPSA) is 47.1 Å². The summed E-state index contributed by atoms with van der Waals surface area (Å²) < 4.78 is 24.5. The van der Waals surface area contributed by atoms with Gasteiger partial charge in [-0.25, -0.2) is 4.39 Å². The molecule has 0 fully saturated rings. The second kappa shape index (κ2) is 7.96. The highest BCUT2D eigenvalue weighted by Crippen LogP contribution is 2.35. The molecule has 140 valence electrons. The highest BCUT2D eigenvalue weighted by Gasteiger charge is 2.11. The van der Waals surface area contributed by atoms with Crippen LogP contribution in [0.25, 0.3) is 22.4 Å². The molecule has 0 spiro atoms. The molecular formula is C23H19FN2O2. The molecule has 0 aliphatic rings. The number of ether oxygens (including phenoxy) is 2. The molecule has 4 aromatic rings. The van der Waals surface area contributed by atoms with Gasteiger partial charge in [0.05, 0.1) is 12.8 Å². The number of pyridine rings is 1. The minimum absolute atomic E-state index is 0.251. The first-order valence-electron chi connectivity index (χ1n) is 8.88. The average molecular weight is 374 g/mol. The van der Waals surface area contributed by atoms with Gasteiger partial charge in [-0.05, 0) is 60.2 Å². The van der Waals surface area contributed by atoms with Crippen LogP contribution >= 0.6 is 0 Å². The van der Waals surface area contributed by atoms with Crippen LogP contribution in [0.2, 0.25) is 0 Å². The van der Waals surface area contributed by atoms with Gasteiger partial charge >= 0.3 is 0 Å². The van der Waals surface area contributed by atoms with E-state index in [1.54, 1.807) is 25.4 Å². The van der Waals surface area contributed by atoms with E-state index in [9.17, 15) is 4.39 Å². The van der Waals surface area contributed by atoms with E-state index in [-0.39, 0.29) is 5.82 Å². The largest absolute Gasteiger partial charge is 0.496 e. The zero-order valence-corrected chi connectivity index (χ0v) is 15.4. The molecule has 0 radical (unpaired) electrons. The Morgan fingerprint density at radius 2 is 1.82 bits per heavy atom. The predicted molar refractivity (Wildman–Crippen MR) is 107 cm³/mol. The monoisotopic (exact) mass is 374 g/mol. The Kier molecular flexibility index (Phi) is 5.06. The molecule has 0 atom stereocenters. The van der Waals surface area contributed by atoms with Crippen LogP contribution in [0.4, 0.5) is 4.39 Å². The van der Waals surface area contributed by atoms with Gasteiger partial charge in [0.1, 0.15) is 23.9 Å². The fourth-order valence-corrected chi connectivity index (χ4v) is 2.99.